The quantitative estimate of drug-likeness (QED) is 0.389. The second-order valence-corrected chi connectivity index (χ2v) is 9.71. The summed E-state index contributed by atoms with van der Waals surface area (Å²) in [7, 11) is 0. The van der Waals surface area contributed by atoms with Gasteiger partial charge < -0.3 is 4.74 Å². The molecule has 0 saturated carbocycles. The van der Waals surface area contributed by atoms with Crippen molar-refractivity contribution in [3.8, 4) is 0 Å². The summed E-state index contributed by atoms with van der Waals surface area (Å²) in [5.74, 6) is 1.12. The number of ether oxygens (including phenoxy) is 1. The number of nitrogens with zero attached hydrogens (tertiary/aromatic N) is 1. The largest absolute Gasteiger partial charge is 0.472 e. The molecule has 0 saturated heterocycles. The van der Waals surface area contributed by atoms with Crippen molar-refractivity contribution >= 4 is 5.90 Å². The van der Waals surface area contributed by atoms with E-state index in [1.165, 1.54) is 61.6 Å². The summed E-state index contributed by atoms with van der Waals surface area (Å²) in [5.41, 5.74) is 3.93. The van der Waals surface area contributed by atoms with Gasteiger partial charge in [0.1, 0.15) is 6.10 Å². The van der Waals surface area contributed by atoms with Gasteiger partial charge in [-0.3, -0.25) is 4.99 Å². The Morgan fingerprint density at radius 1 is 0.833 bits per heavy atom. The molecule has 0 N–H and O–H groups in total. The molecule has 162 valence electrons. The predicted molar refractivity (Wildman–Crippen MR) is 128 cm³/mol. The van der Waals surface area contributed by atoms with Gasteiger partial charge in [0.2, 0.25) is 0 Å². The second-order valence-electron chi connectivity index (χ2n) is 9.71. The van der Waals surface area contributed by atoms with Crippen molar-refractivity contribution in [2.75, 3.05) is 6.54 Å². The first kappa shape index (κ1) is 22.6. The van der Waals surface area contributed by atoms with Crippen molar-refractivity contribution in [1.29, 1.82) is 0 Å². The van der Waals surface area contributed by atoms with Gasteiger partial charge in [-0.25, -0.2) is 0 Å². The summed E-state index contributed by atoms with van der Waals surface area (Å²) in [4.78, 5) is 4.84. The van der Waals surface area contributed by atoms with Crippen molar-refractivity contribution in [3.05, 3.63) is 71.3 Å². The average molecular weight is 406 g/mol. The SMILES string of the molecule is CCCCCCCCc1ccc([C@H]2CN=C(C(C)(C)C)O[C@@H]2c2ccccc2)cc1. The van der Waals surface area contributed by atoms with Gasteiger partial charge in [-0.15, -0.1) is 0 Å². The lowest BCUT2D eigenvalue weighted by Gasteiger charge is -2.36. The minimum absolute atomic E-state index is 0.0161. The van der Waals surface area contributed by atoms with Crippen LogP contribution in [0.1, 0.15) is 94.9 Å². The van der Waals surface area contributed by atoms with Gasteiger partial charge >= 0.3 is 0 Å². The lowest BCUT2D eigenvalue weighted by atomic mass is 9.86. The zero-order valence-electron chi connectivity index (χ0n) is 19.4. The summed E-state index contributed by atoms with van der Waals surface area (Å²) >= 11 is 0. The Hall–Kier alpha value is -2.09. The van der Waals surface area contributed by atoms with E-state index < -0.39 is 0 Å². The zero-order chi connectivity index (χ0) is 21.4. The normalized spacial score (nSPS) is 19.3. The molecule has 0 aliphatic carbocycles. The number of aryl methyl sites for hydroxylation is 1. The number of aliphatic imine (C=N–C) groups is 1. The van der Waals surface area contributed by atoms with E-state index in [1.54, 1.807) is 0 Å². The third kappa shape index (κ3) is 6.20. The fourth-order valence-corrected chi connectivity index (χ4v) is 4.19. The number of hydrogen-bond acceptors (Lipinski definition) is 2. The molecule has 1 heterocycles. The highest BCUT2D eigenvalue weighted by atomic mass is 16.5. The average Bonchev–Trinajstić information content (AvgIpc) is 2.76. The molecule has 0 fully saturated rings. The molecule has 2 aromatic rings. The summed E-state index contributed by atoms with van der Waals surface area (Å²) in [6.07, 6.45) is 9.29. The zero-order valence-corrected chi connectivity index (χ0v) is 19.4. The number of hydrogen-bond donors (Lipinski definition) is 0. The second kappa shape index (κ2) is 10.8. The topological polar surface area (TPSA) is 21.6 Å². The first-order valence-electron chi connectivity index (χ1n) is 11.8. The van der Waals surface area contributed by atoms with Crippen molar-refractivity contribution in [1.82, 2.24) is 0 Å². The fraction of sp³-hybridized carbons (Fsp3) is 0.536. The van der Waals surface area contributed by atoms with E-state index in [2.05, 4.69) is 82.3 Å². The summed E-state index contributed by atoms with van der Waals surface area (Å²) in [6.45, 7) is 9.57. The maximum Gasteiger partial charge on any atom is 0.189 e. The standard InChI is InChI=1S/C28H39NO/c1-5-6-7-8-9-11-14-22-17-19-23(20-18-22)25-21-29-27(28(2,3)4)30-26(25)24-15-12-10-13-16-24/h10,12-13,15-20,25-26H,5-9,11,14,21H2,1-4H3/t25-,26-/m1/s1. The van der Waals surface area contributed by atoms with Crippen LogP contribution in [0.2, 0.25) is 0 Å². The molecule has 30 heavy (non-hydrogen) atoms. The van der Waals surface area contributed by atoms with E-state index in [1.807, 2.05) is 0 Å². The lowest BCUT2D eigenvalue weighted by molar-refractivity contribution is 0.123. The smallest absolute Gasteiger partial charge is 0.189 e. The van der Waals surface area contributed by atoms with E-state index in [4.69, 9.17) is 9.73 Å². The van der Waals surface area contributed by atoms with Crippen LogP contribution in [0, 0.1) is 5.41 Å². The van der Waals surface area contributed by atoms with E-state index in [9.17, 15) is 0 Å². The van der Waals surface area contributed by atoms with Crippen molar-refractivity contribution in [2.45, 2.75) is 84.7 Å². The Balaban J connectivity index is 1.68. The van der Waals surface area contributed by atoms with Crippen LogP contribution in [0.4, 0.5) is 0 Å². The molecule has 0 spiro atoms. The predicted octanol–water partition coefficient (Wildman–Crippen LogP) is 7.89. The van der Waals surface area contributed by atoms with Gasteiger partial charge in [0.15, 0.2) is 5.90 Å². The third-order valence-corrected chi connectivity index (χ3v) is 6.03. The van der Waals surface area contributed by atoms with E-state index >= 15 is 0 Å². The van der Waals surface area contributed by atoms with Crippen LogP contribution < -0.4 is 0 Å². The first-order chi connectivity index (χ1) is 14.5. The summed E-state index contributed by atoms with van der Waals surface area (Å²) in [6, 6.07) is 19.8. The van der Waals surface area contributed by atoms with Crippen LogP contribution in [0.3, 0.4) is 0 Å². The number of unbranched alkanes of at least 4 members (excludes halogenated alkanes) is 5. The van der Waals surface area contributed by atoms with Gasteiger partial charge in [-0.05, 0) is 29.5 Å². The molecule has 3 rings (SSSR count). The maximum absolute atomic E-state index is 6.50. The van der Waals surface area contributed by atoms with Crippen LogP contribution in [0.25, 0.3) is 0 Å². The van der Waals surface area contributed by atoms with Crippen LogP contribution in [0.5, 0.6) is 0 Å². The van der Waals surface area contributed by atoms with Gasteiger partial charge in [0, 0.05) is 11.3 Å². The Kier molecular flexibility index (Phi) is 8.13. The van der Waals surface area contributed by atoms with Crippen LogP contribution in [0.15, 0.2) is 59.6 Å². The fourth-order valence-electron chi connectivity index (χ4n) is 4.19. The van der Waals surface area contributed by atoms with E-state index in [-0.39, 0.29) is 17.4 Å². The molecule has 0 bridgehead atoms. The Morgan fingerprint density at radius 3 is 2.17 bits per heavy atom. The Morgan fingerprint density at radius 2 is 1.50 bits per heavy atom. The van der Waals surface area contributed by atoms with Crippen molar-refractivity contribution in [3.63, 3.8) is 0 Å². The van der Waals surface area contributed by atoms with Gasteiger partial charge in [0.05, 0.1) is 6.54 Å². The van der Waals surface area contributed by atoms with Crippen molar-refractivity contribution < 1.29 is 4.74 Å². The first-order valence-corrected chi connectivity index (χ1v) is 11.8. The molecule has 0 radical (unpaired) electrons. The molecular weight excluding hydrogens is 366 g/mol. The van der Waals surface area contributed by atoms with Gasteiger partial charge in [-0.1, -0.05) is 114 Å². The van der Waals surface area contributed by atoms with Crippen LogP contribution in [-0.4, -0.2) is 12.4 Å². The maximum atomic E-state index is 6.50. The minimum atomic E-state index is -0.0704. The van der Waals surface area contributed by atoms with Crippen molar-refractivity contribution in [2.24, 2.45) is 10.4 Å². The van der Waals surface area contributed by atoms with Gasteiger partial charge in [0.25, 0.3) is 0 Å². The summed E-state index contributed by atoms with van der Waals surface area (Å²) < 4.78 is 6.50. The minimum Gasteiger partial charge on any atom is -0.472 e. The summed E-state index contributed by atoms with van der Waals surface area (Å²) in [5, 5.41) is 0. The van der Waals surface area contributed by atoms with Gasteiger partial charge in [-0.2, -0.15) is 0 Å². The molecule has 1 aliphatic rings. The molecular formula is C28H39NO. The molecule has 0 unspecified atom stereocenters. The molecule has 2 nitrogen and oxygen atoms in total. The highest BCUT2D eigenvalue weighted by molar-refractivity contribution is 5.82. The highest BCUT2D eigenvalue weighted by Gasteiger charge is 2.35. The molecule has 2 heteroatoms. The Labute approximate surface area is 183 Å². The highest BCUT2D eigenvalue weighted by Crippen LogP contribution is 2.39. The molecule has 2 atom stereocenters. The molecule has 1 aliphatic heterocycles. The van der Waals surface area contributed by atoms with Crippen LogP contribution >= 0.6 is 0 Å². The third-order valence-electron chi connectivity index (χ3n) is 6.03. The molecule has 0 aromatic heterocycles. The lowest BCUT2D eigenvalue weighted by Crippen LogP contribution is -2.33. The van der Waals surface area contributed by atoms with E-state index in [0.717, 1.165) is 12.4 Å². The monoisotopic (exact) mass is 405 g/mol. The number of benzene rings is 2. The Bertz CT molecular complexity index is 786. The van der Waals surface area contributed by atoms with Crippen LogP contribution in [-0.2, 0) is 11.2 Å². The molecule has 0 amide bonds. The molecule has 2 aromatic carbocycles. The van der Waals surface area contributed by atoms with E-state index in [0.29, 0.717) is 0 Å². The number of rotatable bonds is 9.